The number of carbonyl (C=O) groups excluding carboxylic acids is 1. The van der Waals surface area contributed by atoms with Crippen LogP contribution in [0.3, 0.4) is 0 Å². The van der Waals surface area contributed by atoms with Gasteiger partial charge in [0.05, 0.1) is 6.61 Å². The highest BCUT2D eigenvalue weighted by Crippen LogP contribution is 2.61. The molecule has 6 atom stereocenters. The fourth-order valence-corrected chi connectivity index (χ4v) is 6.08. The molecule has 2 fully saturated rings. The van der Waals surface area contributed by atoms with E-state index < -0.39 is 18.9 Å². The van der Waals surface area contributed by atoms with Crippen LogP contribution in [0.1, 0.15) is 56.1 Å². The lowest BCUT2D eigenvalue weighted by molar-refractivity contribution is -0.0635. The molecule has 154 valence electrons. The molecule has 3 aliphatic carbocycles. The van der Waals surface area contributed by atoms with Crippen LogP contribution in [-0.2, 0) is 15.9 Å². The van der Waals surface area contributed by atoms with Gasteiger partial charge in [-0.15, -0.1) is 0 Å². The second-order valence-corrected chi connectivity index (χ2v) is 8.92. The number of phenols is 1. The number of benzene rings is 1. The predicted molar refractivity (Wildman–Crippen MR) is 102 cm³/mol. The molecule has 0 spiro atoms. The monoisotopic (exact) mass is 390 g/mol. The molecule has 3 N–H and O–H groups in total. The Kier molecular flexibility index (Phi) is 5.27. The number of hydrogen-bond donors (Lipinski definition) is 3. The summed E-state index contributed by atoms with van der Waals surface area (Å²) in [5.41, 5.74) is 2.61. The molecule has 6 nitrogen and oxygen atoms in total. The predicted octanol–water partition coefficient (Wildman–Crippen LogP) is 3.12. The van der Waals surface area contributed by atoms with Gasteiger partial charge in [0.15, 0.2) is 0 Å². The zero-order valence-electron chi connectivity index (χ0n) is 16.3. The summed E-state index contributed by atoms with van der Waals surface area (Å²) < 4.78 is 10.6. The fraction of sp³-hybridized carbons (Fsp3) is 0.682. The van der Waals surface area contributed by atoms with E-state index in [1.165, 1.54) is 11.1 Å². The Hall–Kier alpha value is -1.79. The van der Waals surface area contributed by atoms with Gasteiger partial charge in [0.25, 0.3) is 0 Å². The molecule has 0 radical (unpaired) electrons. The molecule has 28 heavy (non-hydrogen) atoms. The fourth-order valence-electron chi connectivity index (χ4n) is 6.08. The number of hydrogen-bond acceptors (Lipinski definition) is 6. The summed E-state index contributed by atoms with van der Waals surface area (Å²) in [6.45, 7) is 1.54. The maximum absolute atomic E-state index is 12.1. The number of rotatable bonds is 4. The van der Waals surface area contributed by atoms with Crippen LogP contribution < -0.4 is 0 Å². The van der Waals surface area contributed by atoms with Crippen molar-refractivity contribution < 1.29 is 29.6 Å². The first kappa shape index (κ1) is 19.5. The van der Waals surface area contributed by atoms with Crippen molar-refractivity contribution in [3.05, 3.63) is 29.3 Å². The zero-order valence-corrected chi connectivity index (χ0v) is 16.3. The Morgan fingerprint density at radius 3 is 2.89 bits per heavy atom. The largest absolute Gasteiger partial charge is 0.508 e. The van der Waals surface area contributed by atoms with Gasteiger partial charge in [-0.25, -0.2) is 4.79 Å². The van der Waals surface area contributed by atoms with Gasteiger partial charge < -0.3 is 24.8 Å². The van der Waals surface area contributed by atoms with Gasteiger partial charge in [-0.1, -0.05) is 13.0 Å². The van der Waals surface area contributed by atoms with Crippen LogP contribution in [0.2, 0.25) is 0 Å². The van der Waals surface area contributed by atoms with Crippen molar-refractivity contribution in [2.45, 2.75) is 63.6 Å². The van der Waals surface area contributed by atoms with Gasteiger partial charge in [-0.2, -0.15) is 0 Å². The number of phenolic OH excluding ortho intramolecular Hbond substituents is 1. The van der Waals surface area contributed by atoms with Crippen molar-refractivity contribution in [2.24, 2.45) is 17.3 Å². The average Bonchev–Trinajstić information content (AvgIpc) is 3.02. The minimum Gasteiger partial charge on any atom is -0.508 e. The van der Waals surface area contributed by atoms with Crippen LogP contribution in [0.25, 0.3) is 0 Å². The van der Waals surface area contributed by atoms with E-state index in [0.29, 0.717) is 23.5 Å². The molecule has 0 amide bonds. The summed E-state index contributed by atoms with van der Waals surface area (Å²) in [6, 6.07) is 5.81. The molecule has 6 unspecified atom stereocenters. The molecule has 1 aromatic rings. The number of carbonyl (C=O) groups is 1. The quantitative estimate of drug-likeness (QED) is 0.684. The number of ether oxygens (including phenoxy) is 2. The van der Waals surface area contributed by atoms with Crippen molar-refractivity contribution in [1.29, 1.82) is 0 Å². The molecule has 0 aliphatic heterocycles. The molecular weight excluding hydrogens is 360 g/mol. The number of aromatic hydroxyl groups is 1. The molecule has 6 heteroatoms. The lowest BCUT2D eigenvalue weighted by atomic mass is 9.55. The summed E-state index contributed by atoms with van der Waals surface area (Å²) in [6.07, 6.45) is 4.04. The van der Waals surface area contributed by atoms with Gasteiger partial charge >= 0.3 is 6.16 Å². The molecule has 0 aromatic heterocycles. The highest BCUT2D eigenvalue weighted by molar-refractivity contribution is 5.60. The Morgan fingerprint density at radius 2 is 2.11 bits per heavy atom. The highest BCUT2D eigenvalue weighted by Gasteiger charge is 2.56. The third-order valence-corrected chi connectivity index (χ3v) is 7.47. The van der Waals surface area contributed by atoms with Crippen LogP contribution in [0.15, 0.2) is 18.2 Å². The molecule has 0 bridgehead atoms. The van der Waals surface area contributed by atoms with Crippen LogP contribution in [0.4, 0.5) is 4.79 Å². The molecular formula is C22H30O6. The van der Waals surface area contributed by atoms with Crippen LogP contribution in [0, 0.1) is 17.3 Å². The normalized spacial score (nSPS) is 34.7. The number of fused-ring (bicyclic) bond motifs is 5. The lowest BCUT2D eigenvalue weighted by Gasteiger charge is -2.50. The van der Waals surface area contributed by atoms with Gasteiger partial charge in [-0.05, 0) is 79.5 Å². The minimum atomic E-state index is -1.07. The standard InChI is InChI=1S/C22H30O6/c1-22-9-8-17-16-5-3-14(24)10-13(16)2-4-18(17)19(22)6-7-20(22)28-21(26)27-12-15(25)11-23/h3,5,10,15,17-20,23-25H,2,4,6-9,11-12H2,1H3. The number of aliphatic hydroxyl groups excluding tert-OH is 2. The minimum absolute atomic E-state index is 0.0514. The maximum atomic E-state index is 12.1. The van der Waals surface area contributed by atoms with E-state index in [4.69, 9.17) is 14.6 Å². The number of aryl methyl sites for hydroxylation is 1. The third kappa shape index (κ3) is 3.37. The molecule has 0 saturated heterocycles. The summed E-state index contributed by atoms with van der Waals surface area (Å²) in [7, 11) is 0. The topological polar surface area (TPSA) is 96.2 Å². The molecule has 4 rings (SSSR count). The van der Waals surface area contributed by atoms with E-state index in [1.54, 1.807) is 6.07 Å². The second-order valence-electron chi connectivity index (χ2n) is 8.92. The summed E-state index contributed by atoms with van der Waals surface area (Å²) in [4.78, 5) is 12.1. The zero-order chi connectivity index (χ0) is 19.9. The van der Waals surface area contributed by atoms with Crippen molar-refractivity contribution in [3.8, 4) is 5.75 Å². The van der Waals surface area contributed by atoms with Crippen molar-refractivity contribution >= 4 is 6.16 Å². The lowest BCUT2D eigenvalue weighted by Crippen LogP contribution is -2.45. The van der Waals surface area contributed by atoms with Crippen LogP contribution in [-0.4, -0.2) is 46.9 Å². The van der Waals surface area contributed by atoms with E-state index in [0.717, 1.165) is 38.5 Å². The smallest absolute Gasteiger partial charge is 0.508 e. The third-order valence-electron chi connectivity index (χ3n) is 7.47. The van der Waals surface area contributed by atoms with E-state index in [9.17, 15) is 15.0 Å². The first-order chi connectivity index (χ1) is 13.4. The second kappa shape index (κ2) is 7.56. The van der Waals surface area contributed by atoms with Crippen molar-refractivity contribution in [2.75, 3.05) is 13.2 Å². The molecule has 3 aliphatic rings. The van der Waals surface area contributed by atoms with E-state index in [-0.39, 0.29) is 18.1 Å². The summed E-state index contributed by atoms with van der Waals surface area (Å²) in [5, 5.41) is 28.0. The highest BCUT2D eigenvalue weighted by atomic mass is 16.7. The maximum Gasteiger partial charge on any atom is 0.508 e. The first-order valence-corrected chi connectivity index (χ1v) is 10.4. The molecule has 2 saturated carbocycles. The van der Waals surface area contributed by atoms with Crippen molar-refractivity contribution in [1.82, 2.24) is 0 Å². The summed E-state index contributed by atoms with van der Waals surface area (Å²) >= 11 is 0. The van der Waals surface area contributed by atoms with Gasteiger partial charge in [-0.3, -0.25) is 0 Å². The first-order valence-electron chi connectivity index (χ1n) is 10.4. The van der Waals surface area contributed by atoms with Gasteiger partial charge in [0, 0.05) is 5.41 Å². The van der Waals surface area contributed by atoms with E-state index >= 15 is 0 Å². The number of aliphatic hydroxyl groups is 2. The van der Waals surface area contributed by atoms with Crippen LogP contribution in [0.5, 0.6) is 5.75 Å². The Morgan fingerprint density at radius 1 is 1.29 bits per heavy atom. The Labute approximate surface area is 165 Å². The Balaban J connectivity index is 1.45. The average molecular weight is 390 g/mol. The summed E-state index contributed by atoms with van der Waals surface area (Å²) in [5.74, 6) is 1.95. The van der Waals surface area contributed by atoms with E-state index in [2.05, 4.69) is 13.0 Å². The van der Waals surface area contributed by atoms with E-state index in [1.807, 2.05) is 6.07 Å². The van der Waals surface area contributed by atoms with Gasteiger partial charge in [0.2, 0.25) is 0 Å². The SMILES string of the molecule is CC12CCC3c4ccc(O)cc4CCC3C1CCC2OC(=O)OCC(O)CO. The Bertz CT molecular complexity index is 734. The molecule has 1 aromatic carbocycles. The van der Waals surface area contributed by atoms with Crippen molar-refractivity contribution in [3.63, 3.8) is 0 Å². The van der Waals surface area contributed by atoms with Crippen LogP contribution >= 0.6 is 0 Å². The molecule has 0 heterocycles. The van der Waals surface area contributed by atoms with Gasteiger partial charge in [0.1, 0.15) is 24.6 Å².